The molecule has 5 amide bonds. The Labute approximate surface area is 245 Å². The van der Waals surface area contributed by atoms with E-state index in [4.69, 9.17) is 9.47 Å². The van der Waals surface area contributed by atoms with Crippen molar-refractivity contribution in [3.8, 4) is 11.5 Å². The molecule has 0 spiro atoms. The average Bonchev–Trinajstić information content (AvgIpc) is 2.88. The third-order valence-electron chi connectivity index (χ3n) is 6.14. The zero-order chi connectivity index (χ0) is 29.0. The Balaban J connectivity index is 1.59. The number of carbonyl (C=O) groups excluding carboxylic acids is 4. The van der Waals surface area contributed by atoms with E-state index in [1.807, 2.05) is 67.6 Å². The normalized spacial score (nSPS) is 14.3. The number of urea groups is 1. The van der Waals surface area contributed by atoms with E-state index < -0.39 is 17.8 Å². The summed E-state index contributed by atoms with van der Waals surface area (Å²) in [6, 6.07) is 15.1. The molecule has 1 heterocycles. The first-order valence-corrected chi connectivity index (χ1v) is 13.6. The first-order valence-electron chi connectivity index (χ1n) is 12.5. The van der Waals surface area contributed by atoms with Crippen LogP contribution >= 0.6 is 22.6 Å². The third kappa shape index (κ3) is 6.50. The second kappa shape index (κ2) is 12.3. The Bertz CT molecular complexity index is 1550. The predicted molar refractivity (Wildman–Crippen MR) is 161 cm³/mol. The van der Waals surface area contributed by atoms with Crippen molar-refractivity contribution in [2.45, 2.75) is 27.7 Å². The van der Waals surface area contributed by atoms with Crippen LogP contribution in [0.1, 0.15) is 29.2 Å². The fourth-order valence-electron chi connectivity index (χ4n) is 4.06. The number of halogens is 1. The first-order chi connectivity index (χ1) is 19.1. The largest absolute Gasteiger partial charge is 0.490 e. The molecule has 0 unspecified atom stereocenters. The Morgan fingerprint density at radius 1 is 1.00 bits per heavy atom. The lowest BCUT2D eigenvalue weighted by molar-refractivity contribution is -0.122. The maximum absolute atomic E-state index is 13.3. The van der Waals surface area contributed by atoms with Gasteiger partial charge in [-0.3, -0.25) is 19.7 Å². The quantitative estimate of drug-likeness (QED) is 0.194. The third-order valence-corrected chi connectivity index (χ3v) is 6.94. The van der Waals surface area contributed by atoms with E-state index in [-0.39, 0.29) is 18.1 Å². The molecule has 1 fully saturated rings. The number of amides is 5. The van der Waals surface area contributed by atoms with Gasteiger partial charge >= 0.3 is 6.03 Å². The molecule has 0 radical (unpaired) electrons. The highest BCUT2D eigenvalue weighted by atomic mass is 127. The maximum Gasteiger partial charge on any atom is 0.335 e. The summed E-state index contributed by atoms with van der Waals surface area (Å²) in [6.07, 6.45) is 1.40. The molecule has 2 N–H and O–H groups in total. The minimum atomic E-state index is -0.812. The van der Waals surface area contributed by atoms with Crippen molar-refractivity contribution in [1.82, 2.24) is 5.32 Å². The predicted octanol–water partition coefficient (Wildman–Crippen LogP) is 5.30. The molecule has 3 aromatic rings. The molecule has 0 saturated carbocycles. The van der Waals surface area contributed by atoms with E-state index >= 15 is 0 Å². The van der Waals surface area contributed by atoms with Crippen molar-refractivity contribution in [3.63, 3.8) is 0 Å². The number of hydrogen-bond donors (Lipinski definition) is 2. The minimum Gasteiger partial charge on any atom is -0.490 e. The van der Waals surface area contributed by atoms with E-state index in [1.165, 1.54) is 6.08 Å². The minimum absolute atomic E-state index is 0.206. The molecule has 0 atom stereocenters. The zero-order valence-electron chi connectivity index (χ0n) is 22.5. The van der Waals surface area contributed by atoms with Gasteiger partial charge in [-0.1, -0.05) is 18.2 Å². The number of aryl methyl sites for hydroxylation is 3. The molecule has 0 aliphatic carbocycles. The summed E-state index contributed by atoms with van der Waals surface area (Å²) < 4.78 is 12.2. The number of rotatable bonds is 8. The lowest BCUT2D eigenvalue weighted by atomic mass is 10.0. The molecular weight excluding hydrogens is 625 g/mol. The van der Waals surface area contributed by atoms with Gasteiger partial charge in [0.05, 0.1) is 15.9 Å². The fraction of sp³-hybridized carbons (Fsp3) is 0.200. The van der Waals surface area contributed by atoms with Gasteiger partial charge in [-0.2, -0.15) is 0 Å². The molecule has 0 aromatic heterocycles. The highest BCUT2D eigenvalue weighted by Gasteiger charge is 2.37. The van der Waals surface area contributed by atoms with Gasteiger partial charge < -0.3 is 14.8 Å². The summed E-state index contributed by atoms with van der Waals surface area (Å²) in [5.74, 6) is -1.17. The molecule has 4 rings (SSSR count). The van der Waals surface area contributed by atoms with Crippen molar-refractivity contribution in [2.24, 2.45) is 0 Å². The van der Waals surface area contributed by atoms with Crippen molar-refractivity contribution in [2.75, 3.05) is 23.4 Å². The number of anilines is 2. The number of hydrogen-bond acceptors (Lipinski definition) is 6. The second-order valence-electron chi connectivity index (χ2n) is 9.20. The zero-order valence-corrected chi connectivity index (χ0v) is 24.6. The van der Waals surface area contributed by atoms with Gasteiger partial charge in [-0.05, 0) is 115 Å². The number of nitrogens with zero attached hydrogens (tertiary/aromatic N) is 1. The molecule has 1 aliphatic heterocycles. The van der Waals surface area contributed by atoms with Crippen molar-refractivity contribution in [1.29, 1.82) is 0 Å². The van der Waals surface area contributed by atoms with E-state index in [0.29, 0.717) is 38.6 Å². The van der Waals surface area contributed by atoms with E-state index in [2.05, 4.69) is 10.6 Å². The smallest absolute Gasteiger partial charge is 0.335 e. The van der Waals surface area contributed by atoms with Crippen LogP contribution in [-0.2, 0) is 14.4 Å². The average molecular weight is 653 g/mol. The van der Waals surface area contributed by atoms with Crippen LogP contribution in [0, 0.1) is 24.3 Å². The first kappa shape index (κ1) is 28.8. The summed E-state index contributed by atoms with van der Waals surface area (Å²) in [6.45, 7) is 7.60. The van der Waals surface area contributed by atoms with Crippen LogP contribution in [-0.4, -0.2) is 37.0 Å². The Hall–Kier alpha value is -4.19. The van der Waals surface area contributed by atoms with E-state index in [9.17, 15) is 19.2 Å². The molecular formula is C30H28IN3O6. The fourth-order valence-corrected chi connectivity index (χ4v) is 4.84. The van der Waals surface area contributed by atoms with Crippen molar-refractivity contribution >= 4 is 63.8 Å². The lowest BCUT2D eigenvalue weighted by Gasteiger charge is -2.27. The van der Waals surface area contributed by atoms with E-state index in [1.54, 1.807) is 37.3 Å². The molecule has 3 aromatic carbocycles. The molecule has 1 aliphatic rings. The molecule has 0 bridgehead atoms. The summed E-state index contributed by atoms with van der Waals surface area (Å²) in [5.41, 5.74) is 4.23. The van der Waals surface area contributed by atoms with Gasteiger partial charge in [0.15, 0.2) is 18.1 Å². The van der Waals surface area contributed by atoms with E-state index in [0.717, 1.165) is 21.6 Å². The second-order valence-corrected chi connectivity index (χ2v) is 10.4. The Kier molecular flexibility index (Phi) is 8.88. The van der Waals surface area contributed by atoms with Gasteiger partial charge in [0.25, 0.3) is 17.7 Å². The van der Waals surface area contributed by atoms with Gasteiger partial charge in [0.1, 0.15) is 5.57 Å². The van der Waals surface area contributed by atoms with Crippen LogP contribution in [0.4, 0.5) is 16.2 Å². The molecule has 9 nitrogen and oxygen atoms in total. The van der Waals surface area contributed by atoms with Crippen LogP contribution < -0.4 is 25.0 Å². The number of ether oxygens (including phenoxy) is 2. The topological polar surface area (TPSA) is 114 Å². The monoisotopic (exact) mass is 653 g/mol. The number of carbonyl (C=O) groups is 4. The lowest BCUT2D eigenvalue weighted by Crippen LogP contribution is -2.54. The number of barbiturate groups is 1. The highest BCUT2D eigenvalue weighted by molar-refractivity contribution is 14.1. The molecule has 1 saturated heterocycles. The van der Waals surface area contributed by atoms with Crippen LogP contribution in [0.2, 0.25) is 0 Å². The number of imide groups is 2. The number of nitrogens with one attached hydrogen (secondary N) is 2. The van der Waals surface area contributed by atoms with Crippen molar-refractivity contribution in [3.05, 3.63) is 86.0 Å². The van der Waals surface area contributed by atoms with Gasteiger partial charge in [-0.25, -0.2) is 9.69 Å². The summed E-state index contributed by atoms with van der Waals surface area (Å²) >= 11 is 2.04. The summed E-state index contributed by atoms with van der Waals surface area (Å²) in [4.78, 5) is 52.0. The van der Waals surface area contributed by atoms with Gasteiger partial charge in [-0.15, -0.1) is 0 Å². The van der Waals surface area contributed by atoms with Crippen LogP contribution in [0.25, 0.3) is 6.08 Å². The summed E-state index contributed by atoms with van der Waals surface area (Å²) in [5, 5.41) is 5.04. The van der Waals surface area contributed by atoms with Crippen molar-refractivity contribution < 1.29 is 28.7 Å². The van der Waals surface area contributed by atoms with Gasteiger partial charge in [0.2, 0.25) is 0 Å². The van der Waals surface area contributed by atoms with Gasteiger partial charge in [0, 0.05) is 5.69 Å². The molecule has 40 heavy (non-hydrogen) atoms. The Morgan fingerprint density at radius 2 is 1.77 bits per heavy atom. The number of benzene rings is 3. The Morgan fingerprint density at radius 3 is 2.48 bits per heavy atom. The van der Waals surface area contributed by atoms with Crippen LogP contribution in [0.3, 0.4) is 0 Å². The maximum atomic E-state index is 13.3. The standard InChI is InChI=1S/C30H28IN3O6/c1-5-39-25-15-20(14-24(31)27(25)40-16-26(35)32-21-8-6-7-17(2)11-21)13-23-28(36)33-30(38)34(29(23)37)22-10-9-18(3)19(4)12-22/h6-15H,5,16H2,1-4H3,(H,32,35)(H,33,36,38)/b23-13+. The highest BCUT2D eigenvalue weighted by Crippen LogP contribution is 2.35. The molecule has 206 valence electrons. The molecule has 10 heteroatoms. The SMILES string of the molecule is CCOc1cc(/C=C2\C(=O)NC(=O)N(c3ccc(C)c(C)c3)C2=O)cc(I)c1OCC(=O)Nc1cccc(C)c1. The van der Waals surface area contributed by atoms with Crippen LogP contribution in [0.15, 0.2) is 60.2 Å². The summed E-state index contributed by atoms with van der Waals surface area (Å²) in [7, 11) is 0. The van der Waals surface area contributed by atoms with Crippen LogP contribution in [0.5, 0.6) is 11.5 Å².